The summed E-state index contributed by atoms with van der Waals surface area (Å²) >= 11 is 7.49. The molecule has 0 unspecified atom stereocenters. The molecule has 0 radical (unpaired) electrons. The zero-order valence-electron chi connectivity index (χ0n) is 13.1. The van der Waals surface area contributed by atoms with Gasteiger partial charge in [-0.2, -0.15) is 0 Å². The number of ether oxygens (including phenoxy) is 1. The number of rotatable bonds is 2. The Labute approximate surface area is 152 Å². The predicted octanol–water partition coefficient (Wildman–Crippen LogP) is 2.57. The molecule has 1 saturated heterocycles. The largest absolute Gasteiger partial charge is 0.378 e. The van der Waals surface area contributed by atoms with Crippen LogP contribution in [0.25, 0.3) is 15.9 Å². The van der Waals surface area contributed by atoms with E-state index in [9.17, 15) is 9.59 Å². The molecule has 1 aliphatic rings. The minimum absolute atomic E-state index is 0.151. The van der Waals surface area contributed by atoms with Crippen molar-refractivity contribution in [1.29, 1.82) is 0 Å². The summed E-state index contributed by atoms with van der Waals surface area (Å²) in [6.07, 6.45) is 1.65. The number of amides is 1. The van der Waals surface area contributed by atoms with E-state index >= 15 is 0 Å². The van der Waals surface area contributed by atoms with E-state index in [1.165, 1.54) is 15.5 Å². The Hall–Kier alpha value is -2.22. The highest BCUT2D eigenvalue weighted by molar-refractivity contribution is 7.13. The number of carbonyl (C=O) groups is 1. The van der Waals surface area contributed by atoms with Gasteiger partial charge in [-0.3, -0.25) is 9.59 Å². The van der Waals surface area contributed by atoms with Gasteiger partial charge in [0.25, 0.3) is 11.5 Å². The summed E-state index contributed by atoms with van der Waals surface area (Å²) < 4.78 is 6.81. The second kappa shape index (κ2) is 6.59. The predicted molar refractivity (Wildman–Crippen MR) is 96.9 cm³/mol. The molecule has 3 heterocycles. The minimum atomic E-state index is -0.153. The fourth-order valence-corrected chi connectivity index (χ4v) is 3.91. The fourth-order valence-electron chi connectivity index (χ4n) is 2.77. The third-order valence-electron chi connectivity index (χ3n) is 4.08. The maximum atomic E-state index is 12.8. The van der Waals surface area contributed by atoms with Crippen LogP contribution >= 0.6 is 23.1 Å². The summed E-state index contributed by atoms with van der Waals surface area (Å²) in [5, 5.41) is 0.927. The fraction of sp³-hybridized carbons (Fsp3) is 0.235. The molecule has 0 bridgehead atoms. The van der Waals surface area contributed by atoms with Gasteiger partial charge in [-0.05, 0) is 41.9 Å². The molecule has 4 rings (SSSR count). The van der Waals surface area contributed by atoms with E-state index in [2.05, 4.69) is 4.98 Å². The van der Waals surface area contributed by atoms with Crippen molar-refractivity contribution in [2.24, 2.45) is 0 Å². The highest BCUT2D eigenvalue weighted by Gasteiger charge is 2.22. The summed E-state index contributed by atoms with van der Waals surface area (Å²) in [5.74, 6) is -0.151. The van der Waals surface area contributed by atoms with Crippen LogP contribution in [-0.4, -0.2) is 46.1 Å². The lowest BCUT2D eigenvalue weighted by atomic mass is 10.1. The van der Waals surface area contributed by atoms with Crippen molar-refractivity contribution < 1.29 is 9.53 Å². The maximum absolute atomic E-state index is 12.8. The Morgan fingerprint density at radius 3 is 2.80 bits per heavy atom. The van der Waals surface area contributed by atoms with Crippen LogP contribution in [0.15, 0.2) is 41.3 Å². The van der Waals surface area contributed by atoms with E-state index in [1.807, 2.05) is 0 Å². The molecule has 1 fully saturated rings. The first-order chi connectivity index (χ1) is 12.1. The van der Waals surface area contributed by atoms with Gasteiger partial charge in [0.1, 0.15) is 4.83 Å². The molecule has 3 aromatic rings. The molecule has 128 valence electrons. The van der Waals surface area contributed by atoms with Gasteiger partial charge in [0.2, 0.25) is 0 Å². The minimum Gasteiger partial charge on any atom is -0.378 e. The molecular weight excluding hydrogens is 362 g/mol. The first-order valence-electron chi connectivity index (χ1n) is 7.79. The molecule has 2 aromatic heterocycles. The molecule has 8 heteroatoms. The summed E-state index contributed by atoms with van der Waals surface area (Å²) in [4.78, 5) is 31.9. The number of hydrogen-bond acceptors (Lipinski definition) is 5. The highest BCUT2D eigenvalue weighted by atomic mass is 35.5. The van der Waals surface area contributed by atoms with Gasteiger partial charge in [-0.25, -0.2) is 8.94 Å². The SMILES string of the molecule is O=C(c1cc(-n2sc3ncccc3c2=O)ccc1Cl)N1CCOCC1. The van der Waals surface area contributed by atoms with Gasteiger partial charge in [-0.15, -0.1) is 0 Å². The van der Waals surface area contributed by atoms with Crippen molar-refractivity contribution in [1.82, 2.24) is 13.8 Å². The molecule has 0 spiro atoms. The monoisotopic (exact) mass is 375 g/mol. The summed E-state index contributed by atoms with van der Waals surface area (Å²) in [5.41, 5.74) is 0.840. The van der Waals surface area contributed by atoms with Crippen LogP contribution in [0, 0.1) is 0 Å². The molecule has 1 aromatic carbocycles. The van der Waals surface area contributed by atoms with Crippen LogP contribution in [0.1, 0.15) is 10.4 Å². The van der Waals surface area contributed by atoms with E-state index in [1.54, 1.807) is 41.4 Å². The highest BCUT2D eigenvalue weighted by Crippen LogP contribution is 2.24. The molecule has 6 nitrogen and oxygen atoms in total. The molecule has 0 atom stereocenters. The molecule has 0 saturated carbocycles. The van der Waals surface area contributed by atoms with Gasteiger partial charge >= 0.3 is 0 Å². The topological polar surface area (TPSA) is 64.4 Å². The number of pyridine rings is 1. The quantitative estimate of drug-likeness (QED) is 0.690. The van der Waals surface area contributed by atoms with E-state index in [4.69, 9.17) is 16.3 Å². The molecule has 0 aliphatic carbocycles. The second-order valence-corrected chi connectivity index (χ2v) is 6.96. The number of benzene rings is 1. The average molecular weight is 376 g/mol. The number of morpholine rings is 1. The van der Waals surface area contributed by atoms with Gasteiger partial charge in [-0.1, -0.05) is 11.6 Å². The van der Waals surface area contributed by atoms with Gasteiger partial charge < -0.3 is 9.64 Å². The van der Waals surface area contributed by atoms with Gasteiger partial charge in [0.15, 0.2) is 0 Å². The molecule has 1 amide bonds. The standard InChI is InChI=1S/C17H14ClN3O3S/c18-14-4-3-11(10-13(14)16(22)20-6-8-24-9-7-20)21-17(23)12-2-1-5-19-15(12)25-21/h1-5,10H,6-9H2. The van der Waals surface area contributed by atoms with Crippen LogP contribution < -0.4 is 5.56 Å². The number of hydrogen-bond donors (Lipinski definition) is 0. The van der Waals surface area contributed by atoms with Gasteiger partial charge in [0.05, 0.1) is 34.9 Å². The van der Waals surface area contributed by atoms with Crippen LogP contribution in [0.4, 0.5) is 0 Å². The molecule has 0 N–H and O–H groups in total. The number of aromatic nitrogens is 2. The van der Waals surface area contributed by atoms with E-state index in [0.29, 0.717) is 52.8 Å². The number of nitrogens with zero attached hydrogens (tertiary/aromatic N) is 3. The summed E-state index contributed by atoms with van der Waals surface area (Å²) in [6, 6.07) is 8.52. The summed E-state index contributed by atoms with van der Waals surface area (Å²) in [7, 11) is 0. The average Bonchev–Trinajstić information content (AvgIpc) is 2.99. The Bertz CT molecular complexity index is 1010. The third kappa shape index (κ3) is 2.95. The van der Waals surface area contributed by atoms with Crippen LogP contribution in [0.3, 0.4) is 0 Å². The van der Waals surface area contributed by atoms with Crippen molar-refractivity contribution in [3.63, 3.8) is 0 Å². The van der Waals surface area contributed by atoms with E-state index in [-0.39, 0.29) is 11.5 Å². The summed E-state index contributed by atoms with van der Waals surface area (Å²) in [6.45, 7) is 2.10. The van der Waals surface area contributed by atoms with E-state index in [0.717, 1.165) is 0 Å². The molecule has 25 heavy (non-hydrogen) atoms. The van der Waals surface area contributed by atoms with Crippen LogP contribution in [0.5, 0.6) is 0 Å². The lowest BCUT2D eigenvalue weighted by Crippen LogP contribution is -2.40. The zero-order chi connectivity index (χ0) is 17.4. The van der Waals surface area contributed by atoms with Crippen molar-refractivity contribution >= 4 is 39.3 Å². The maximum Gasteiger partial charge on any atom is 0.274 e. The number of fused-ring (bicyclic) bond motifs is 1. The van der Waals surface area contributed by atoms with Crippen molar-refractivity contribution in [2.45, 2.75) is 0 Å². The Kier molecular flexibility index (Phi) is 4.29. The Balaban J connectivity index is 1.77. The molecular formula is C17H14ClN3O3S. The first-order valence-corrected chi connectivity index (χ1v) is 8.94. The Morgan fingerprint density at radius 1 is 1.24 bits per heavy atom. The van der Waals surface area contributed by atoms with Crippen molar-refractivity contribution in [2.75, 3.05) is 26.3 Å². The lowest BCUT2D eigenvalue weighted by Gasteiger charge is -2.27. The van der Waals surface area contributed by atoms with Crippen LogP contribution in [0.2, 0.25) is 5.02 Å². The Morgan fingerprint density at radius 2 is 2.04 bits per heavy atom. The van der Waals surface area contributed by atoms with Crippen molar-refractivity contribution in [3.8, 4) is 5.69 Å². The van der Waals surface area contributed by atoms with E-state index < -0.39 is 0 Å². The first kappa shape index (κ1) is 16.3. The van der Waals surface area contributed by atoms with Gasteiger partial charge in [0, 0.05) is 19.3 Å². The molecule has 1 aliphatic heterocycles. The number of carbonyl (C=O) groups excluding carboxylic acids is 1. The third-order valence-corrected chi connectivity index (χ3v) is 5.46. The number of halogens is 1. The zero-order valence-corrected chi connectivity index (χ0v) is 14.7. The van der Waals surface area contributed by atoms with Crippen molar-refractivity contribution in [3.05, 3.63) is 57.5 Å². The second-order valence-electron chi connectivity index (χ2n) is 5.62. The lowest BCUT2D eigenvalue weighted by molar-refractivity contribution is 0.0303. The normalized spacial score (nSPS) is 14.8. The van der Waals surface area contributed by atoms with Crippen LogP contribution in [-0.2, 0) is 4.74 Å². The smallest absolute Gasteiger partial charge is 0.274 e.